The van der Waals surface area contributed by atoms with Crippen molar-refractivity contribution in [1.82, 2.24) is 16.0 Å². The topological polar surface area (TPSA) is 447 Å². The number of hydrogen-bond donors (Lipinski definition) is 18. The molecule has 0 spiro atoms. The van der Waals surface area contributed by atoms with Crippen LogP contribution >= 0.6 is 37.4 Å². The van der Waals surface area contributed by atoms with Crippen LogP contribution in [0.3, 0.4) is 0 Å². The molecule has 0 aliphatic rings. The number of ether oxygens (including phenoxy) is 2. The van der Waals surface area contributed by atoms with Crippen LogP contribution in [0, 0.1) is 16.2 Å². The van der Waals surface area contributed by atoms with E-state index in [9.17, 15) is 60.0 Å². The lowest BCUT2D eigenvalue weighted by atomic mass is 9.97. The molecule has 422 valence electrons. The van der Waals surface area contributed by atoms with Crippen LogP contribution in [0.4, 0.5) is 0 Å². The predicted molar refractivity (Wildman–Crippen MR) is 283 cm³/mol. The van der Waals surface area contributed by atoms with Gasteiger partial charge in [-0.25, -0.2) is 0 Å². The van der Waals surface area contributed by atoms with Gasteiger partial charge in [0.1, 0.15) is 36.6 Å². The molecule has 0 rings (SSSR count). The Kier molecular flexibility index (Phi) is 57.5. The van der Waals surface area contributed by atoms with Crippen LogP contribution in [0.1, 0.15) is 117 Å². The average Bonchev–Trinajstić information content (AvgIpc) is 3.36. The molecule has 0 unspecified atom stereocenters. The maximum absolute atomic E-state index is 12.0. The molecule has 0 aliphatic heterocycles. The molecule has 0 saturated heterocycles. The summed E-state index contributed by atoms with van der Waals surface area (Å²) < 4.78 is 15.6. The first-order valence-electron chi connectivity index (χ1n) is 23.9. The van der Waals surface area contributed by atoms with E-state index in [2.05, 4.69) is 33.6 Å². The third kappa shape index (κ3) is 43.0. The Balaban J connectivity index is -0.000000237. The maximum atomic E-state index is 12.0. The first-order chi connectivity index (χ1) is 33.1. The first-order valence-corrected chi connectivity index (χ1v) is 23.8. The van der Waals surface area contributed by atoms with Gasteiger partial charge in [-0.1, -0.05) is 25.7 Å². The monoisotopic (exact) mass is 1090 g/mol. The molecule has 0 aliphatic carbocycles. The van der Waals surface area contributed by atoms with Gasteiger partial charge in [0, 0.05) is 65.9 Å². The summed E-state index contributed by atoms with van der Waals surface area (Å²) in [6.07, 6.45) is -2.21. The van der Waals surface area contributed by atoms with E-state index in [4.69, 9.17) is 44.3 Å². The van der Waals surface area contributed by atoms with E-state index in [1.807, 2.05) is 7.05 Å². The van der Waals surface area contributed by atoms with Gasteiger partial charge in [-0.3, -0.25) is 35.0 Å². The molecule has 71 heavy (non-hydrogen) atoms. The summed E-state index contributed by atoms with van der Waals surface area (Å²) in [6, 6.07) is 0. The second-order valence-corrected chi connectivity index (χ2v) is 15.6. The van der Waals surface area contributed by atoms with Crippen molar-refractivity contribution in [3.05, 3.63) is 0 Å². The molecule has 0 bridgehead atoms. The van der Waals surface area contributed by atoms with Gasteiger partial charge < -0.3 is 88.9 Å². The fraction of sp³-hybridized carbons (Fsp3) is 0.818. The van der Waals surface area contributed by atoms with Gasteiger partial charge >= 0.3 is 0 Å². The number of unbranched alkanes of at least 4 members (excludes halogenated alkanes) is 6. The van der Waals surface area contributed by atoms with Gasteiger partial charge in [0.2, 0.25) is 0 Å². The highest BCUT2D eigenvalue weighted by molar-refractivity contribution is 7.79. The molecule has 0 radical (unpaired) electrons. The van der Waals surface area contributed by atoms with Crippen molar-refractivity contribution >= 4 is 84.2 Å². The Morgan fingerprint density at radius 1 is 0.577 bits per heavy atom. The highest BCUT2D eigenvalue weighted by atomic mass is 35.5. The number of likely N-dealkylation sites (N-methyl/N-ethyl adjacent to an activating group) is 1. The zero-order valence-electron chi connectivity index (χ0n) is 43.1. The number of amidine groups is 1. The lowest BCUT2D eigenvalue weighted by Gasteiger charge is -2.25. The highest BCUT2D eigenvalue weighted by Crippen LogP contribution is 2.12. The fourth-order valence-corrected chi connectivity index (χ4v) is 5.74. The maximum Gasteiger partial charge on any atom is 0.251 e. The van der Waals surface area contributed by atoms with E-state index < -0.39 is 72.2 Å². The van der Waals surface area contributed by atoms with E-state index in [1.165, 1.54) is 21.3 Å². The van der Waals surface area contributed by atoms with E-state index in [0.717, 1.165) is 95.7 Å². The number of carbonyl (C=O) groups excluding carboxylic acids is 4. The number of rotatable bonds is 37. The lowest BCUT2D eigenvalue weighted by molar-refractivity contribution is -0.154. The van der Waals surface area contributed by atoms with E-state index in [1.54, 1.807) is 0 Å². The molecular formula is C44H92Cl2N10O14S. The van der Waals surface area contributed by atoms with Gasteiger partial charge in [0.25, 0.3) is 11.8 Å². The van der Waals surface area contributed by atoms with Gasteiger partial charge in [-0.05, 0) is 84.2 Å². The number of amides is 2. The number of nitrogens with two attached hydrogens (primary N) is 3. The second kappa shape index (κ2) is 53.2. The van der Waals surface area contributed by atoms with E-state index in [-0.39, 0.29) is 70.1 Å². The molecule has 0 heterocycles. The summed E-state index contributed by atoms with van der Waals surface area (Å²) in [4.78, 5) is 50.3. The molecule has 8 atom stereocenters. The molecule has 2 amide bonds. The minimum Gasteiger partial charge on any atom is -0.484 e. The Morgan fingerprint density at radius 2 is 0.972 bits per heavy atom. The van der Waals surface area contributed by atoms with Crippen molar-refractivity contribution in [1.29, 1.82) is 16.2 Å². The number of aliphatic imine (C=N–C) groups is 1. The Morgan fingerprint density at radius 3 is 1.38 bits per heavy atom. The number of Topliss-reactive ketones (excluding diaryl/α,β-unsaturated/α-hetero) is 2. The Labute approximate surface area is 439 Å². The molecule has 0 aromatic rings. The Hall–Kier alpha value is -3.15. The van der Waals surface area contributed by atoms with Gasteiger partial charge in [-0.15, -0.1) is 24.8 Å². The van der Waals surface area contributed by atoms with Crippen LogP contribution in [-0.2, 0) is 28.7 Å². The standard InChI is InChI=1S/C22H43N5O6.C11H23N3O6.C10H20N2O2.CH4S.2ClH/c1-25-13-7-10-15(23)9-5-3-4-6-12-17(24)27-14-8-11-16(28)18(29)19(30)20(31)21(32)22(33)26-2;12-3-1-2-6(15)7(16)8(17)9(18)10(19)11(20)14-5-4-13;1-13-9(11)7-5-3-4-6-8-10(12)14-2;1-2;;/h18-21,23,25,29-32H,3-14H2,1-2H3,(H2,24,27)(H,26,33);7-10,16-19H,1-5,12-13H2,(H,14,20);11-12H,3-8H2,1-2H3;2H,1H3;2*1H/t18-,19+,20+,21-;7-,8+,9+,10-;;;;/m00..../s1/i;;;1D;;. The fourth-order valence-electron chi connectivity index (χ4n) is 5.74. The summed E-state index contributed by atoms with van der Waals surface area (Å²) in [5.41, 5.74) is 17.0. The summed E-state index contributed by atoms with van der Waals surface area (Å²) in [5, 5.41) is 107. The Bertz CT molecular complexity index is 1410. The summed E-state index contributed by atoms with van der Waals surface area (Å²) in [7, 11) is 6.21. The normalized spacial score (nSPS) is 14.2. The van der Waals surface area contributed by atoms with Crippen LogP contribution in [0.5, 0.6) is 0 Å². The van der Waals surface area contributed by atoms with Crippen LogP contribution < -0.4 is 33.2 Å². The number of nitrogens with one attached hydrogen (secondary N) is 6. The van der Waals surface area contributed by atoms with Crippen molar-refractivity contribution < 1.29 is 70.9 Å². The lowest BCUT2D eigenvalue weighted by Crippen LogP contribution is -2.53. The van der Waals surface area contributed by atoms with Crippen LogP contribution in [0.15, 0.2) is 4.99 Å². The van der Waals surface area contributed by atoms with Crippen molar-refractivity contribution in [3.8, 4) is 0 Å². The average molecular weight is 1090 g/mol. The first kappa shape index (κ1) is 76.8. The second-order valence-electron chi connectivity index (χ2n) is 15.6. The number of carbonyl (C=O) groups is 4. The van der Waals surface area contributed by atoms with Crippen LogP contribution in [0.25, 0.3) is 0 Å². The molecule has 20 N–H and O–H groups in total. The molecule has 0 fully saturated rings. The largest absolute Gasteiger partial charge is 0.484 e. The minimum atomic E-state index is -2.00. The smallest absolute Gasteiger partial charge is 0.251 e. The summed E-state index contributed by atoms with van der Waals surface area (Å²) in [5.74, 6) is -2.14. The number of aliphatic hydroxyl groups is 8. The molecular weight excluding hydrogens is 996 g/mol. The van der Waals surface area contributed by atoms with E-state index >= 15 is 0 Å². The number of halogens is 2. The molecule has 27 heteroatoms. The van der Waals surface area contributed by atoms with Crippen LogP contribution in [-0.4, -0.2) is 204 Å². The number of nitrogens with zero attached hydrogens (tertiary/aromatic N) is 1. The van der Waals surface area contributed by atoms with Crippen molar-refractivity contribution in [3.63, 3.8) is 0 Å². The number of methoxy groups -OCH3 is 2. The van der Waals surface area contributed by atoms with Crippen molar-refractivity contribution in [2.24, 2.45) is 22.2 Å². The molecule has 24 nitrogen and oxygen atoms in total. The number of aliphatic hydroxyl groups excluding tert-OH is 8. The van der Waals surface area contributed by atoms with Gasteiger partial charge in [0.15, 0.2) is 35.6 Å². The molecule has 0 aromatic carbocycles. The molecule has 0 aromatic heterocycles. The third-order valence-electron chi connectivity index (χ3n) is 10.0. The van der Waals surface area contributed by atoms with Gasteiger partial charge in [0.05, 0.1) is 20.1 Å². The zero-order chi connectivity index (χ0) is 54.5. The number of thiol groups is 1. The molecule has 0 saturated carbocycles. The van der Waals surface area contributed by atoms with Crippen molar-refractivity contribution in [2.75, 3.05) is 67.3 Å². The predicted octanol–water partition coefficient (Wildman–Crippen LogP) is -0.981. The number of hydrogen-bond acceptors (Lipinski definition) is 22. The van der Waals surface area contributed by atoms with Gasteiger partial charge in [-0.2, -0.15) is 12.6 Å². The number of ketones is 2. The van der Waals surface area contributed by atoms with Crippen molar-refractivity contribution in [2.45, 2.75) is 164 Å². The quantitative estimate of drug-likeness (QED) is 0.0154. The van der Waals surface area contributed by atoms with Crippen LogP contribution in [0.2, 0.25) is 0 Å². The summed E-state index contributed by atoms with van der Waals surface area (Å²) >= 11 is 3.46. The SMILES string of the molecule is CNCCCC(=N)CCCCCCC(N)=NCCCC(=O)[C@H](O)[C@@H](O)[C@@H](O)[C@H](O)C(=O)NC.COC(=N)CCCCCCC(=N)OC.Cl.Cl.NCCCC(=O)[C@H](O)[C@@H](O)[C@@H](O)[C@H](O)C(=O)NCCN.[2H]CS. The van der Waals surface area contributed by atoms with E-state index in [0.29, 0.717) is 36.9 Å². The highest BCUT2D eigenvalue weighted by Gasteiger charge is 2.38. The summed E-state index contributed by atoms with van der Waals surface area (Å²) in [6.45, 7) is 1.67. The zero-order valence-corrected chi connectivity index (χ0v) is 44.6. The third-order valence-corrected chi connectivity index (χ3v) is 10.0. The minimum absolute atomic E-state index is 0.